The van der Waals surface area contributed by atoms with Gasteiger partial charge in [-0.25, -0.2) is 0 Å². The molecule has 86 valence electrons. The minimum Gasteiger partial charge on any atom is -0.481 e. The molecular formula is C11H24O3. The van der Waals surface area contributed by atoms with Crippen molar-refractivity contribution < 1.29 is 15.0 Å². The molecule has 0 heterocycles. The Morgan fingerprint density at radius 3 is 1.79 bits per heavy atom. The molecule has 0 radical (unpaired) electrons. The fourth-order valence-corrected chi connectivity index (χ4v) is 1.23. The molecular weight excluding hydrogens is 180 g/mol. The number of rotatable bonds is 8. The topological polar surface area (TPSA) is 57.5 Å². The first kappa shape index (κ1) is 15.9. The van der Waals surface area contributed by atoms with E-state index < -0.39 is 5.97 Å². The molecule has 3 heteroatoms. The second-order valence-electron chi connectivity index (χ2n) is 3.27. The van der Waals surface area contributed by atoms with Crippen molar-refractivity contribution in [2.45, 2.75) is 58.3 Å². The van der Waals surface area contributed by atoms with E-state index in [2.05, 4.69) is 6.92 Å². The molecule has 0 aliphatic carbocycles. The Morgan fingerprint density at radius 1 is 0.929 bits per heavy atom. The van der Waals surface area contributed by atoms with Crippen molar-refractivity contribution in [1.82, 2.24) is 0 Å². The molecule has 2 N–H and O–H groups in total. The van der Waals surface area contributed by atoms with Gasteiger partial charge < -0.3 is 10.2 Å². The highest BCUT2D eigenvalue weighted by atomic mass is 16.4. The summed E-state index contributed by atoms with van der Waals surface area (Å²) in [5, 5.41) is 15.4. The van der Waals surface area contributed by atoms with Gasteiger partial charge in [-0.1, -0.05) is 45.4 Å². The van der Waals surface area contributed by atoms with Gasteiger partial charge in [0.25, 0.3) is 0 Å². The summed E-state index contributed by atoms with van der Waals surface area (Å²) in [5.41, 5.74) is 0. The van der Waals surface area contributed by atoms with Gasteiger partial charge in [-0.15, -0.1) is 0 Å². The highest BCUT2D eigenvalue weighted by molar-refractivity contribution is 5.66. The first-order valence-corrected chi connectivity index (χ1v) is 5.44. The average molecular weight is 204 g/mol. The summed E-state index contributed by atoms with van der Waals surface area (Å²) >= 11 is 0. The van der Waals surface area contributed by atoms with Crippen LogP contribution in [0, 0.1) is 0 Å². The molecule has 0 aliphatic rings. The van der Waals surface area contributed by atoms with Crippen molar-refractivity contribution in [3.63, 3.8) is 0 Å². The maximum atomic E-state index is 10.1. The fraction of sp³-hybridized carbons (Fsp3) is 0.909. The minimum absolute atomic E-state index is 0.341. The van der Waals surface area contributed by atoms with Gasteiger partial charge in [-0.3, -0.25) is 4.79 Å². The van der Waals surface area contributed by atoms with E-state index in [0.717, 1.165) is 20.0 Å². The Kier molecular flexibility index (Phi) is 16.9. The predicted molar refractivity (Wildman–Crippen MR) is 58.4 cm³/mol. The van der Waals surface area contributed by atoms with Crippen LogP contribution in [0.25, 0.3) is 0 Å². The summed E-state index contributed by atoms with van der Waals surface area (Å²) in [4.78, 5) is 10.1. The van der Waals surface area contributed by atoms with E-state index >= 15 is 0 Å². The van der Waals surface area contributed by atoms with Gasteiger partial charge in [0.15, 0.2) is 0 Å². The molecule has 0 fully saturated rings. The van der Waals surface area contributed by atoms with Crippen LogP contribution in [0.2, 0.25) is 0 Å². The van der Waals surface area contributed by atoms with Crippen LogP contribution in [0.1, 0.15) is 58.3 Å². The molecule has 0 spiro atoms. The summed E-state index contributed by atoms with van der Waals surface area (Å²) in [7, 11) is 1.00. The lowest BCUT2D eigenvalue weighted by Gasteiger charge is -1.98. The van der Waals surface area contributed by atoms with E-state index in [0.29, 0.717) is 6.42 Å². The van der Waals surface area contributed by atoms with E-state index in [1.807, 2.05) is 0 Å². The lowest BCUT2D eigenvalue weighted by atomic mass is 10.1. The van der Waals surface area contributed by atoms with Crippen LogP contribution >= 0.6 is 0 Å². The van der Waals surface area contributed by atoms with Crippen molar-refractivity contribution >= 4 is 5.97 Å². The number of carboxylic acid groups (broad SMARTS) is 1. The number of hydrogen-bond acceptors (Lipinski definition) is 2. The van der Waals surface area contributed by atoms with Crippen LogP contribution in [-0.2, 0) is 4.79 Å². The summed E-state index contributed by atoms with van der Waals surface area (Å²) < 4.78 is 0. The normalized spacial score (nSPS) is 9.07. The van der Waals surface area contributed by atoms with Crippen LogP contribution in [0.3, 0.4) is 0 Å². The van der Waals surface area contributed by atoms with Crippen molar-refractivity contribution in [3.05, 3.63) is 0 Å². The van der Waals surface area contributed by atoms with Crippen LogP contribution in [0.15, 0.2) is 0 Å². The summed E-state index contributed by atoms with van der Waals surface area (Å²) in [6.07, 6.45) is 8.64. The van der Waals surface area contributed by atoms with Crippen LogP contribution in [0.5, 0.6) is 0 Å². The lowest BCUT2D eigenvalue weighted by Crippen LogP contribution is -1.93. The Balaban J connectivity index is 0. The molecule has 0 atom stereocenters. The molecule has 0 aliphatic heterocycles. The zero-order valence-electron chi connectivity index (χ0n) is 9.46. The van der Waals surface area contributed by atoms with Gasteiger partial charge in [0.05, 0.1) is 0 Å². The SMILES string of the molecule is CCCCCCCCCC(=O)O.CO. The quantitative estimate of drug-likeness (QED) is 0.598. The third kappa shape index (κ3) is 17.5. The summed E-state index contributed by atoms with van der Waals surface area (Å²) in [5.74, 6) is -0.663. The first-order chi connectivity index (χ1) is 6.77. The van der Waals surface area contributed by atoms with E-state index in [-0.39, 0.29) is 0 Å². The monoisotopic (exact) mass is 204 g/mol. The van der Waals surface area contributed by atoms with Crippen LogP contribution < -0.4 is 0 Å². The number of carboxylic acids is 1. The van der Waals surface area contributed by atoms with Crippen molar-refractivity contribution in [2.75, 3.05) is 7.11 Å². The fourth-order valence-electron chi connectivity index (χ4n) is 1.23. The maximum Gasteiger partial charge on any atom is 0.303 e. The Hall–Kier alpha value is -0.570. The number of carbonyl (C=O) groups is 1. The molecule has 0 rings (SSSR count). The minimum atomic E-state index is -0.663. The first-order valence-electron chi connectivity index (χ1n) is 5.44. The zero-order chi connectivity index (χ0) is 11.2. The predicted octanol–water partition coefficient (Wildman–Crippen LogP) is 2.82. The van der Waals surface area contributed by atoms with E-state index in [4.69, 9.17) is 10.2 Å². The molecule has 14 heavy (non-hydrogen) atoms. The number of aliphatic hydroxyl groups is 1. The van der Waals surface area contributed by atoms with Gasteiger partial charge in [-0.2, -0.15) is 0 Å². The second-order valence-corrected chi connectivity index (χ2v) is 3.27. The standard InChI is InChI=1S/C10H20O2.CH4O/c1-2-3-4-5-6-7-8-9-10(11)12;1-2/h2-9H2,1H3,(H,11,12);2H,1H3. The lowest BCUT2D eigenvalue weighted by molar-refractivity contribution is -0.137. The van der Waals surface area contributed by atoms with E-state index in [1.165, 1.54) is 32.1 Å². The molecule has 0 aromatic carbocycles. The number of hydrogen-bond donors (Lipinski definition) is 2. The molecule has 0 saturated carbocycles. The van der Waals surface area contributed by atoms with Gasteiger partial charge in [0.1, 0.15) is 0 Å². The summed E-state index contributed by atoms with van der Waals surface area (Å²) in [6, 6.07) is 0. The molecule has 0 aromatic rings. The zero-order valence-corrected chi connectivity index (χ0v) is 9.46. The number of aliphatic hydroxyl groups excluding tert-OH is 1. The molecule has 3 nitrogen and oxygen atoms in total. The van der Waals surface area contributed by atoms with Gasteiger partial charge in [0.2, 0.25) is 0 Å². The Labute approximate surface area is 87.1 Å². The maximum absolute atomic E-state index is 10.1. The van der Waals surface area contributed by atoms with Gasteiger partial charge in [0, 0.05) is 13.5 Å². The van der Waals surface area contributed by atoms with Crippen LogP contribution in [-0.4, -0.2) is 23.3 Å². The van der Waals surface area contributed by atoms with Crippen molar-refractivity contribution in [2.24, 2.45) is 0 Å². The molecule has 0 bridgehead atoms. The van der Waals surface area contributed by atoms with Crippen molar-refractivity contribution in [3.8, 4) is 0 Å². The Morgan fingerprint density at radius 2 is 1.36 bits per heavy atom. The van der Waals surface area contributed by atoms with Crippen molar-refractivity contribution in [1.29, 1.82) is 0 Å². The molecule has 0 amide bonds. The summed E-state index contributed by atoms with van der Waals surface area (Å²) in [6.45, 7) is 2.20. The van der Waals surface area contributed by atoms with E-state index in [9.17, 15) is 4.79 Å². The molecule has 0 aromatic heterocycles. The molecule has 0 saturated heterocycles. The number of unbranched alkanes of at least 4 members (excludes halogenated alkanes) is 6. The third-order valence-corrected chi connectivity index (χ3v) is 1.99. The van der Waals surface area contributed by atoms with Crippen LogP contribution in [0.4, 0.5) is 0 Å². The third-order valence-electron chi connectivity index (χ3n) is 1.99. The molecule has 0 unspecified atom stereocenters. The van der Waals surface area contributed by atoms with Gasteiger partial charge >= 0.3 is 5.97 Å². The number of aliphatic carboxylic acids is 1. The average Bonchev–Trinajstić information content (AvgIpc) is 2.19. The Bertz CT molecular complexity index is 113. The smallest absolute Gasteiger partial charge is 0.303 e. The second kappa shape index (κ2) is 14.9. The largest absolute Gasteiger partial charge is 0.481 e. The highest BCUT2D eigenvalue weighted by Crippen LogP contribution is 2.07. The van der Waals surface area contributed by atoms with E-state index in [1.54, 1.807) is 0 Å². The van der Waals surface area contributed by atoms with Gasteiger partial charge in [-0.05, 0) is 6.42 Å². The highest BCUT2D eigenvalue weighted by Gasteiger charge is 1.95.